The number of Topliss-reactive ketones (excluding diaryl/α,β-unsaturated/α-hetero) is 1. The molecule has 4 aromatic heterocycles. The van der Waals surface area contributed by atoms with E-state index >= 15 is 0 Å². The Morgan fingerprint density at radius 3 is 2.12 bits per heavy atom. The standard InChI is InChI=1S/C20H19N5O2.C5H5ClN2.C4H3ClN2.CHNO.CO2/c1-11(2)22-20-25-24-19(27-20)14-5-4-13-6-7-15(16(13)10-14)18-21-9-8-17(23-18)12(3)26;1-4-2-3-7-5(6)8-4;5-4-6-2-1-3-7-4;2*2-1-3/h4-5,7-11H,6H2,1-3H3,(H,22,25);2-3H,1H3;1-3H;2H;. The van der Waals surface area contributed by atoms with Gasteiger partial charge in [-0.15, -0.1) is 5.10 Å². The van der Waals surface area contributed by atoms with Crippen LogP contribution in [0, 0.1) is 12.3 Å². The third-order valence-electron chi connectivity index (χ3n) is 5.57. The van der Waals surface area contributed by atoms with E-state index in [1.807, 2.05) is 39.0 Å². The van der Waals surface area contributed by atoms with Gasteiger partial charge in [0.15, 0.2) is 11.6 Å². The minimum atomic E-state index is -0.0812. The van der Waals surface area contributed by atoms with Crippen molar-refractivity contribution in [3.8, 4) is 11.5 Å². The van der Waals surface area contributed by atoms with Crippen LogP contribution in [0.15, 0.2) is 71.7 Å². The fraction of sp³-hybridized carbons (Fsp3) is 0.194. The first-order valence-corrected chi connectivity index (χ1v) is 14.5. The Morgan fingerprint density at radius 1 is 0.938 bits per heavy atom. The molecule has 5 aromatic rings. The molecular formula is C31H28Cl2N10O5. The lowest BCUT2D eigenvalue weighted by Gasteiger charge is -2.07. The van der Waals surface area contributed by atoms with E-state index in [1.165, 1.54) is 12.5 Å². The molecule has 0 atom stereocenters. The van der Waals surface area contributed by atoms with Crippen LogP contribution < -0.4 is 5.32 Å². The Morgan fingerprint density at radius 2 is 1.58 bits per heavy atom. The molecule has 0 saturated carbocycles. The molecule has 2 N–H and O–H groups in total. The molecule has 6 rings (SSSR count). The Bertz CT molecular complexity index is 1860. The van der Waals surface area contributed by atoms with Crippen LogP contribution in [0.4, 0.5) is 6.01 Å². The van der Waals surface area contributed by atoms with Gasteiger partial charge < -0.3 is 9.73 Å². The second-order valence-electron chi connectivity index (χ2n) is 9.40. The van der Waals surface area contributed by atoms with Crippen LogP contribution in [-0.4, -0.2) is 64.2 Å². The van der Waals surface area contributed by atoms with E-state index in [4.69, 9.17) is 47.4 Å². The normalized spacial score (nSPS) is 10.4. The van der Waals surface area contributed by atoms with Gasteiger partial charge in [0.05, 0.1) is 0 Å². The third kappa shape index (κ3) is 12.9. The van der Waals surface area contributed by atoms with Gasteiger partial charge in [-0.3, -0.25) is 4.79 Å². The molecule has 0 fully saturated rings. The molecule has 0 aliphatic heterocycles. The molecule has 1 aromatic carbocycles. The summed E-state index contributed by atoms with van der Waals surface area (Å²) in [5, 5.41) is 17.3. The lowest BCUT2D eigenvalue weighted by molar-refractivity contribution is -0.191. The Balaban J connectivity index is 0.000000308. The van der Waals surface area contributed by atoms with Crippen molar-refractivity contribution in [1.29, 1.82) is 5.41 Å². The summed E-state index contributed by atoms with van der Waals surface area (Å²) in [6.45, 7) is 7.38. The SMILES string of the molecule is CC(=O)c1ccnc(C2=CCc3ccc(-c4nnc(NC(C)C)o4)cc32)n1.Cc1ccnc(Cl)n1.Clc1ncccn1.N=C=O.O=C=O. The number of halogens is 2. The second kappa shape index (κ2) is 20.3. The molecule has 0 bridgehead atoms. The highest BCUT2D eigenvalue weighted by atomic mass is 35.5. The number of anilines is 1. The van der Waals surface area contributed by atoms with Crippen molar-refractivity contribution < 1.29 is 23.6 Å². The van der Waals surface area contributed by atoms with Gasteiger partial charge in [0.25, 0.3) is 0 Å². The van der Waals surface area contributed by atoms with Gasteiger partial charge in [0.1, 0.15) is 5.69 Å². The summed E-state index contributed by atoms with van der Waals surface area (Å²) >= 11 is 10.7. The predicted octanol–water partition coefficient (Wildman–Crippen LogP) is 5.42. The zero-order valence-corrected chi connectivity index (χ0v) is 27.5. The van der Waals surface area contributed by atoms with E-state index in [9.17, 15) is 4.79 Å². The van der Waals surface area contributed by atoms with Gasteiger partial charge >= 0.3 is 12.2 Å². The molecule has 0 radical (unpaired) electrons. The summed E-state index contributed by atoms with van der Waals surface area (Å²) in [7, 11) is 0. The number of allylic oxidation sites excluding steroid dienone is 1. The zero-order valence-electron chi connectivity index (χ0n) is 26.0. The molecule has 0 spiro atoms. The van der Waals surface area contributed by atoms with Gasteiger partial charge in [-0.2, -0.15) is 9.59 Å². The van der Waals surface area contributed by atoms with E-state index in [1.54, 1.807) is 43.0 Å². The molecule has 15 nitrogen and oxygen atoms in total. The number of nitrogens with one attached hydrogen (secondary N) is 2. The Hall–Kier alpha value is -5.85. The Labute approximate surface area is 284 Å². The van der Waals surface area contributed by atoms with Crippen LogP contribution in [0.5, 0.6) is 0 Å². The van der Waals surface area contributed by atoms with Crippen molar-refractivity contribution in [2.24, 2.45) is 0 Å². The van der Waals surface area contributed by atoms with Crippen LogP contribution in [0.2, 0.25) is 10.6 Å². The minimum absolute atomic E-state index is 0.0812. The van der Waals surface area contributed by atoms with E-state index in [0.717, 1.165) is 34.9 Å². The number of fused-ring (bicyclic) bond motifs is 1. The lowest BCUT2D eigenvalue weighted by atomic mass is 10.0. The number of benzene rings is 1. The summed E-state index contributed by atoms with van der Waals surface area (Å²) in [6.07, 6.45) is 10.3. The largest absolute Gasteiger partial charge is 0.403 e. The lowest BCUT2D eigenvalue weighted by Crippen LogP contribution is -2.09. The van der Waals surface area contributed by atoms with Gasteiger partial charge in [0, 0.05) is 54.6 Å². The quantitative estimate of drug-likeness (QED) is 0.102. The molecule has 0 amide bonds. The molecular weight excluding hydrogens is 663 g/mol. The first-order chi connectivity index (χ1) is 23.0. The number of nitrogens with zero attached hydrogens (tertiary/aromatic N) is 8. The molecule has 4 heterocycles. The van der Waals surface area contributed by atoms with Crippen molar-refractivity contribution in [2.45, 2.75) is 40.2 Å². The number of carbonyl (C=O) groups is 1. The fourth-order valence-electron chi connectivity index (χ4n) is 3.70. The summed E-state index contributed by atoms with van der Waals surface area (Å²) in [5.41, 5.74) is 5.23. The molecule has 0 saturated heterocycles. The number of carbonyl (C=O) groups excluding carboxylic acids is 4. The van der Waals surface area contributed by atoms with Crippen LogP contribution >= 0.6 is 23.2 Å². The number of hydrogen-bond acceptors (Lipinski definition) is 15. The van der Waals surface area contributed by atoms with E-state index in [2.05, 4.69) is 51.5 Å². The summed E-state index contributed by atoms with van der Waals surface area (Å²) in [5.74, 6) is 0.916. The molecule has 246 valence electrons. The highest BCUT2D eigenvalue weighted by Crippen LogP contribution is 2.34. The molecule has 1 aliphatic rings. The first kappa shape index (κ1) is 38.3. The van der Waals surface area contributed by atoms with Crippen LogP contribution in [0.1, 0.15) is 53.9 Å². The molecule has 17 heteroatoms. The zero-order chi connectivity index (χ0) is 35.5. The average molecular weight is 692 g/mol. The molecule has 1 aliphatic carbocycles. The highest BCUT2D eigenvalue weighted by molar-refractivity contribution is 6.28. The van der Waals surface area contributed by atoms with Crippen molar-refractivity contribution in [2.75, 3.05) is 5.32 Å². The number of ketones is 1. The van der Waals surface area contributed by atoms with Gasteiger partial charge in [-0.05, 0) is 91.9 Å². The molecule has 0 unspecified atom stereocenters. The van der Waals surface area contributed by atoms with E-state index < -0.39 is 0 Å². The van der Waals surface area contributed by atoms with Gasteiger partial charge in [-0.1, -0.05) is 17.2 Å². The first-order valence-electron chi connectivity index (χ1n) is 13.7. The second-order valence-corrected chi connectivity index (χ2v) is 10.1. The number of rotatable bonds is 5. The van der Waals surface area contributed by atoms with Crippen LogP contribution in [0.3, 0.4) is 0 Å². The average Bonchev–Trinajstić information content (AvgIpc) is 3.69. The van der Waals surface area contributed by atoms with Crippen LogP contribution in [-0.2, 0) is 20.8 Å². The van der Waals surface area contributed by atoms with E-state index in [-0.39, 0.29) is 18.0 Å². The van der Waals surface area contributed by atoms with Gasteiger partial charge in [-0.25, -0.2) is 40.1 Å². The van der Waals surface area contributed by atoms with Gasteiger partial charge in [0.2, 0.25) is 22.5 Å². The van der Waals surface area contributed by atoms with E-state index in [0.29, 0.717) is 34.0 Å². The maximum atomic E-state index is 11.6. The smallest absolute Gasteiger partial charge is 0.373 e. The Kier molecular flexibility index (Phi) is 16.2. The monoisotopic (exact) mass is 690 g/mol. The minimum Gasteiger partial charge on any atom is -0.403 e. The third-order valence-corrected chi connectivity index (χ3v) is 5.94. The van der Waals surface area contributed by atoms with Crippen molar-refractivity contribution in [3.63, 3.8) is 0 Å². The number of hydrogen-bond donors (Lipinski definition) is 2. The number of aryl methyl sites for hydroxylation is 1. The summed E-state index contributed by atoms with van der Waals surface area (Å²) in [6, 6.07) is 11.8. The van der Waals surface area contributed by atoms with Crippen molar-refractivity contribution in [3.05, 3.63) is 106 Å². The van der Waals surface area contributed by atoms with Crippen molar-refractivity contribution in [1.82, 2.24) is 40.1 Å². The molecule has 48 heavy (non-hydrogen) atoms. The predicted molar refractivity (Wildman–Crippen MR) is 174 cm³/mol. The number of aromatic nitrogens is 8. The van der Waals surface area contributed by atoms with Crippen LogP contribution in [0.25, 0.3) is 17.0 Å². The maximum Gasteiger partial charge on any atom is 0.373 e. The highest BCUT2D eigenvalue weighted by Gasteiger charge is 2.21. The number of isocyanates is 1. The topological polar surface area (TPSA) is 220 Å². The fourth-order valence-corrected chi connectivity index (χ4v) is 4.00. The van der Waals surface area contributed by atoms with Crippen molar-refractivity contribution >= 4 is 52.8 Å². The summed E-state index contributed by atoms with van der Waals surface area (Å²) < 4.78 is 5.70. The summed E-state index contributed by atoms with van der Waals surface area (Å²) in [4.78, 5) is 59.8. The maximum absolute atomic E-state index is 11.6.